The Hall–Kier alpha value is -0.800. The van der Waals surface area contributed by atoms with Crippen LogP contribution in [0.15, 0.2) is 6.07 Å². The number of aryl methyl sites for hydroxylation is 2. The molecular formula is C9H9Cl2N3. The second-order valence-electron chi connectivity index (χ2n) is 3.05. The van der Waals surface area contributed by atoms with E-state index in [1.165, 1.54) is 0 Å². The van der Waals surface area contributed by atoms with E-state index < -0.39 is 0 Å². The smallest absolute Gasteiger partial charge is 0.161 e. The van der Waals surface area contributed by atoms with Crippen LogP contribution >= 0.6 is 23.2 Å². The maximum absolute atomic E-state index is 5.98. The molecule has 0 aliphatic rings. The van der Waals surface area contributed by atoms with Crippen molar-refractivity contribution in [3.05, 3.63) is 27.6 Å². The van der Waals surface area contributed by atoms with E-state index in [1.54, 1.807) is 10.6 Å². The molecule has 0 atom stereocenters. The lowest BCUT2D eigenvalue weighted by Gasteiger charge is -1.98. The molecule has 0 bridgehead atoms. The molecule has 0 amide bonds. The molecule has 0 unspecified atom stereocenters. The van der Waals surface area contributed by atoms with E-state index in [0.29, 0.717) is 10.3 Å². The van der Waals surface area contributed by atoms with Crippen molar-refractivity contribution in [1.29, 1.82) is 0 Å². The SMILES string of the molecule is CCc1c(C)nn2c(Cl)cc(Cl)nc12. The summed E-state index contributed by atoms with van der Waals surface area (Å²) in [7, 11) is 0. The van der Waals surface area contributed by atoms with E-state index >= 15 is 0 Å². The fraction of sp³-hybridized carbons (Fsp3) is 0.333. The minimum absolute atomic E-state index is 0.400. The van der Waals surface area contributed by atoms with Crippen molar-refractivity contribution in [2.24, 2.45) is 0 Å². The van der Waals surface area contributed by atoms with E-state index in [9.17, 15) is 0 Å². The Morgan fingerprint density at radius 3 is 2.79 bits per heavy atom. The minimum atomic E-state index is 0.400. The molecule has 0 aliphatic carbocycles. The van der Waals surface area contributed by atoms with Gasteiger partial charge in [-0.15, -0.1) is 0 Å². The van der Waals surface area contributed by atoms with Gasteiger partial charge in [-0.2, -0.15) is 5.10 Å². The Kier molecular flexibility index (Phi) is 2.37. The zero-order valence-corrected chi connectivity index (χ0v) is 9.39. The summed E-state index contributed by atoms with van der Waals surface area (Å²) in [6.45, 7) is 4.00. The van der Waals surface area contributed by atoms with Crippen molar-refractivity contribution in [2.75, 3.05) is 0 Å². The maximum atomic E-state index is 5.98. The van der Waals surface area contributed by atoms with Gasteiger partial charge in [-0.05, 0) is 13.3 Å². The van der Waals surface area contributed by atoms with Crippen LogP contribution in [-0.4, -0.2) is 14.6 Å². The van der Waals surface area contributed by atoms with Crippen LogP contribution in [-0.2, 0) is 6.42 Å². The van der Waals surface area contributed by atoms with E-state index in [4.69, 9.17) is 23.2 Å². The van der Waals surface area contributed by atoms with Crippen molar-refractivity contribution in [3.63, 3.8) is 0 Å². The Morgan fingerprint density at radius 1 is 1.43 bits per heavy atom. The zero-order chi connectivity index (χ0) is 10.3. The topological polar surface area (TPSA) is 30.2 Å². The van der Waals surface area contributed by atoms with Gasteiger partial charge < -0.3 is 0 Å². The van der Waals surface area contributed by atoms with E-state index in [0.717, 1.165) is 23.3 Å². The number of nitrogens with zero attached hydrogens (tertiary/aromatic N) is 3. The first kappa shape index (κ1) is 9.74. The zero-order valence-electron chi connectivity index (χ0n) is 7.88. The van der Waals surface area contributed by atoms with Gasteiger partial charge in [0.25, 0.3) is 0 Å². The fourth-order valence-electron chi connectivity index (χ4n) is 1.52. The Bertz CT molecular complexity index is 490. The standard InChI is InChI=1S/C9H9Cl2N3/c1-3-6-5(2)13-14-8(11)4-7(10)12-9(6)14/h4H,3H2,1-2H3. The molecule has 2 aromatic rings. The molecule has 0 aromatic carbocycles. The molecule has 0 radical (unpaired) electrons. The molecule has 0 saturated carbocycles. The predicted molar refractivity (Wildman–Crippen MR) is 57.1 cm³/mol. The first-order chi connectivity index (χ1) is 6.63. The highest BCUT2D eigenvalue weighted by molar-refractivity contribution is 6.33. The van der Waals surface area contributed by atoms with Crippen LogP contribution < -0.4 is 0 Å². The van der Waals surface area contributed by atoms with Gasteiger partial charge in [0.15, 0.2) is 5.65 Å². The van der Waals surface area contributed by atoms with E-state index in [1.807, 2.05) is 6.92 Å². The van der Waals surface area contributed by atoms with Gasteiger partial charge in [-0.3, -0.25) is 0 Å². The highest BCUT2D eigenvalue weighted by Gasteiger charge is 2.11. The molecule has 2 aromatic heterocycles. The highest BCUT2D eigenvalue weighted by Crippen LogP contribution is 2.21. The van der Waals surface area contributed by atoms with Crippen LogP contribution in [0.5, 0.6) is 0 Å². The number of halogens is 2. The lowest BCUT2D eigenvalue weighted by Crippen LogP contribution is -1.93. The van der Waals surface area contributed by atoms with E-state index in [2.05, 4.69) is 17.0 Å². The normalized spacial score (nSPS) is 11.1. The molecule has 0 spiro atoms. The molecule has 0 aliphatic heterocycles. The molecule has 3 nitrogen and oxygen atoms in total. The van der Waals surface area contributed by atoms with Gasteiger partial charge in [0, 0.05) is 11.6 Å². The highest BCUT2D eigenvalue weighted by atomic mass is 35.5. The summed E-state index contributed by atoms with van der Waals surface area (Å²) in [5, 5.41) is 5.18. The van der Waals surface area contributed by atoms with Crippen molar-refractivity contribution < 1.29 is 0 Å². The summed E-state index contributed by atoms with van der Waals surface area (Å²) < 4.78 is 1.61. The van der Waals surface area contributed by atoms with Gasteiger partial charge in [-0.1, -0.05) is 30.1 Å². The number of fused-ring (bicyclic) bond motifs is 1. The summed E-state index contributed by atoms with van der Waals surface area (Å²) in [6, 6.07) is 1.59. The second-order valence-corrected chi connectivity index (χ2v) is 3.83. The van der Waals surface area contributed by atoms with Crippen molar-refractivity contribution >= 4 is 28.8 Å². The molecule has 0 fully saturated rings. The quantitative estimate of drug-likeness (QED) is 0.705. The predicted octanol–water partition coefficient (Wildman–Crippen LogP) is 2.91. The molecule has 2 heterocycles. The summed E-state index contributed by atoms with van der Waals surface area (Å²) in [4.78, 5) is 4.21. The number of rotatable bonds is 1. The summed E-state index contributed by atoms with van der Waals surface area (Å²) >= 11 is 11.8. The largest absolute Gasteiger partial charge is 0.216 e. The lowest BCUT2D eigenvalue weighted by molar-refractivity contribution is 0.917. The third-order valence-corrected chi connectivity index (χ3v) is 2.63. The molecule has 5 heteroatoms. The van der Waals surface area contributed by atoms with Crippen molar-refractivity contribution in [1.82, 2.24) is 14.6 Å². The molecule has 2 rings (SSSR count). The first-order valence-electron chi connectivity index (χ1n) is 4.33. The number of aromatic nitrogens is 3. The van der Waals surface area contributed by atoms with Gasteiger partial charge in [0.2, 0.25) is 0 Å². The Labute approximate surface area is 91.7 Å². The Balaban J connectivity index is 2.87. The van der Waals surface area contributed by atoms with Crippen LogP contribution in [0.1, 0.15) is 18.2 Å². The van der Waals surface area contributed by atoms with Gasteiger partial charge in [-0.25, -0.2) is 9.50 Å². The van der Waals surface area contributed by atoms with E-state index in [-0.39, 0.29) is 0 Å². The molecule has 74 valence electrons. The summed E-state index contributed by atoms with van der Waals surface area (Å²) in [6.07, 6.45) is 0.874. The maximum Gasteiger partial charge on any atom is 0.161 e. The lowest BCUT2D eigenvalue weighted by atomic mass is 10.2. The van der Waals surface area contributed by atoms with Crippen LogP contribution in [0.2, 0.25) is 10.3 Å². The van der Waals surface area contributed by atoms with Crippen LogP contribution in [0.25, 0.3) is 5.65 Å². The molecule has 0 saturated heterocycles. The third-order valence-electron chi connectivity index (χ3n) is 2.16. The summed E-state index contributed by atoms with van der Waals surface area (Å²) in [5.41, 5.74) is 2.79. The minimum Gasteiger partial charge on any atom is -0.216 e. The monoisotopic (exact) mass is 229 g/mol. The number of hydrogen-bond donors (Lipinski definition) is 0. The number of hydrogen-bond acceptors (Lipinski definition) is 2. The second kappa shape index (κ2) is 3.41. The van der Waals surface area contributed by atoms with Crippen molar-refractivity contribution in [2.45, 2.75) is 20.3 Å². The van der Waals surface area contributed by atoms with Gasteiger partial charge in [0.1, 0.15) is 10.3 Å². The average Bonchev–Trinajstić information content (AvgIpc) is 2.41. The van der Waals surface area contributed by atoms with Gasteiger partial charge >= 0.3 is 0 Å². The molecule has 14 heavy (non-hydrogen) atoms. The molecule has 0 N–H and O–H groups in total. The average molecular weight is 230 g/mol. The van der Waals surface area contributed by atoms with Crippen LogP contribution in [0, 0.1) is 6.92 Å². The molecular weight excluding hydrogens is 221 g/mol. The third kappa shape index (κ3) is 1.37. The fourth-order valence-corrected chi connectivity index (χ4v) is 1.98. The summed E-state index contributed by atoms with van der Waals surface area (Å²) in [5.74, 6) is 0. The van der Waals surface area contributed by atoms with Gasteiger partial charge in [0.05, 0.1) is 5.69 Å². The Morgan fingerprint density at radius 2 is 2.14 bits per heavy atom. The first-order valence-corrected chi connectivity index (χ1v) is 5.09. The van der Waals surface area contributed by atoms with Crippen molar-refractivity contribution in [3.8, 4) is 0 Å². The van der Waals surface area contributed by atoms with Crippen LogP contribution in [0.4, 0.5) is 0 Å². The van der Waals surface area contributed by atoms with Crippen LogP contribution in [0.3, 0.4) is 0 Å².